The Labute approximate surface area is 188 Å². The molecule has 0 fully saturated rings. The molecule has 0 spiro atoms. The van der Waals surface area contributed by atoms with E-state index in [2.05, 4.69) is 104 Å². The van der Waals surface area contributed by atoms with Gasteiger partial charge in [-0.25, -0.2) is 0 Å². The van der Waals surface area contributed by atoms with E-state index in [0.29, 0.717) is 0 Å². The van der Waals surface area contributed by atoms with Gasteiger partial charge in [0, 0.05) is 17.3 Å². The first-order valence-corrected chi connectivity index (χ1v) is 11.1. The van der Waals surface area contributed by atoms with Crippen molar-refractivity contribution >= 4 is 50.3 Å². The molecule has 0 bridgehead atoms. The lowest BCUT2D eigenvalue weighted by Gasteiger charge is -2.17. The van der Waals surface area contributed by atoms with Crippen LogP contribution in [0.15, 0.2) is 103 Å². The summed E-state index contributed by atoms with van der Waals surface area (Å²) in [6.07, 6.45) is 8.66. The molecule has 0 unspecified atom stereocenters. The van der Waals surface area contributed by atoms with Crippen molar-refractivity contribution in [1.82, 2.24) is 0 Å². The standard InChI is InChI=1S/C31H23N/c1-21(31-19-23-11-3-5-13-26(23)29-16-8-9-17-30(29)31)32-20-24-18-22-10-2-4-12-25(22)28-15-7-6-14-27(24)28/h2,4-10,12-20H,1,3,11H2. The van der Waals surface area contributed by atoms with Crippen molar-refractivity contribution in [2.75, 3.05) is 0 Å². The second-order valence-electron chi connectivity index (χ2n) is 8.42. The summed E-state index contributed by atoms with van der Waals surface area (Å²) in [5.41, 5.74) is 5.76. The minimum atomic E-state index is 0.802. The zero-order valence-corrected chi connectivity index (χ0v) is 17.9. The Kier molecular flexibility index (Phi) is 4.47. The topological polar surface area (TPSA) is 12.4 Å². The zero-order valence-electron chi connectivity index (χ0n) is 17.9. The Hall–Kier alpha value is -3.97. The molecule has 6 rings (SSSR count). The molecule has 0 saturated heterocycles. The van der Waals surface area contributed by atoms with E-state index >= 15 is 0 Å². The molecule has 0 N–H and O–H groups in total. The average molecular weight is 410 g/mol. The Morgan fingerprint density at radius 1 is 0.750 bits per heavy atom. The van der Waals surface area contributed by atoms with Crippen LogP contribution in [0.1, 0.15) is 28.7 Å². The number of benzene rings is 5. The minimum Gasteiger partial charge on any atom is -0.256 e. The van der Waals surface area contributed by atoms with Crippen molar-refractivity contribution in [1.29, 1.82) is 0 Å². The maximum absolute atomic E-state index is 4.88. The van der Waals surface area contributed by atoms with Crippen LogP contribution in [-0.2, 0) is 6.42 Å². The summed E-state index contributed by atoms with van der Waals surface area (Å²) in [6.45, 7) is 4.37. The Morgan fingerprint density at radius 2 is 1.44 bits per heavy atom. The number of aryl methyl sites for hydroxylation is 1. The van der Waals surface area contributed by atoms with Gasteiger partial charge >= 0.3 is 0 Å². The number of aliphatic imine (C=N–C) groups is 1. The first-order chi connectivity index (χ1) is 15.8. The molecule has 0 heterocycles. The molecular weight excluding hydrogens is 386 g/mol. The molecule has 1 heteroatoms. The highest BCUT2D eigenvalue weighted by molar-refractivity contribution is 6.14. The molecule has 5 aromatic carbocycles. The molecule has 0 amide bonds. The van der Waals surface area contributed by atoms with Crippen molar-refractivity contribution in [3.8, 4) is 0 Å². The van der Waals surface area contributed by atoms with Gasteiger partial charge in [0.25, 0.3) is 0 Å². The van der Waals surface area contributed by atoms with Crippen LogP contribution in [0.3, 0.4) is 0 Å². The SMILES string of the molecule is C=C(N=Cc1cc2ccccc2c2ccccc12)c1cc2c(c3ccccc13)C=CCC2. The van der Waals surface area contributed by atoms with Crippen molar-refractivity contribution in [3.63, 3.8) is 0 Å². The largest absolute Gasteiger partial charge is 0.256 e. The van der Waals surface area contributed by atoms with E-state index in [1.807, 2.05) is 6.21 Å². The maximum Gasteiger partial charge on any atom is 0.0636 e. The third kappa shape index (κ3) is 3.06. The summed E-state index contributed by atoms with van der Waals surface area (Å²) in [4.78, 5) is 4.88. The maximum atomic E-state index is 4.88. The van der Waals surface area contributed by atoms with Gasteiger partial charge in [0.2, 0.25) is 0 Å². The first kappa shape index (κ1) is 18.8. The lowest BCUT2D eigenvalue weighted by Crippen LogP contribution is -1.98. The molecule has 0 radical (unpaired) electrons. The van der Waals surface area contributed by atoms with Crippen LogP contribution in [0, 0.1) is 0 Å². The summed E-state index contributed by atoms with van der Waals surface area (Å²) in [5, 5.41) is 7.45. The zero-order chi connectivity index (χ0) is 21.5. The van der Waals surface area contributed by atoms with Gasteiger partial charge in [-0.1, -0.05) is 91.5 Å². The third-order valence-electron chi connectivity index (χ3n) is 6.51. The monoisotopic (exact) mass is 409 g/mol. The molecule has 5 aromatic rings. The highest BCUT2D eigenvalue weighted by Gasteiger charge is 2.14. The summed E-state index contributed by atoms with van der Waals surface area (Å²) >= 11 is 0. The second kappa shape index (κ2) is 7.62. The van der Waals surface area contributed by atoms with Crippen molar-refractivity contribution < 1.29 is 0 Å². The van der Waals surface area contributed by atoms with Crippen LogP contribution in [-0.4, -0.2) is 6.21 Å². The molecule has 0 saturated carbocycles. The van der Waals surface area contributed by atoms with Gasteiger partial charge in [0.05, 0.1) is 5.70 Å². The summed E-state index contributed by atoms with van der Waals surface area (Å²) < 4.78 is 0. The van der Waals surface area contributed by atoms with Crippen LogP contribution in [0.4, 0.5) is 0 Å². The smallest absolute Gasteiger partial charge is 0.0636 e. The fraction of sp³-hybridized carbons (Fsp3) is 0.0645. The van der Waals surface area contributed by atoms with Crippen molar-refractivity contribution in [2.45, 2.75) is 12.8 Å². The van der Waals surface area contributed by atoms with Crippen LogP contribution in [0.5, 0.6) is 0 Å². The van der Waals surface area contributed by atoms with Crippen LogP contribution in [0.2, 0.25) is 0 Å². The summed E-state index contributed by atoms with van der Waals surface area (Å²) in [5.74, 6) is 0. The predicted molar refractivity (Wildman–Crippen MR) is 139 cm³/mol. The molecule has 1 nitrogen and oxygen atoms in total. The molecular formula is C31H23N. The number of allylic oxidation sites excluding steroid dienone is 1. The number of hydrogen-bond acceptors (Lipinski definition) is 1. The molecule has 0 aliphatic heterocycles. The number of fused-ring (bicyclic) bond motifs is 6. The van der Waals surface area contributed by atoms with Gasteiger partial charge in [-0.2, -0.15) is 0 Å². The van der Waals surface area contributed by atoms with E-state index in [9.17, 15) is 0 Å². The van der Waals surface area contributed by atoms with Crippen molar-refractivity contribution in [2.24, 2.45) is 4.99 Å². The first-order valence-electron chi connectivity index (χ1n) is 11.1. The number of nitrogens with zero attached hydrogens (tertiary/aromatic N) is 1. The van der Waals surface area contributed by atoms with E-state index < -0.39 is 0 Å². The number of rotatable bonds is 3. The summed E-state index contributed by atoms with van der Waals surface area (Å²) in [6, 6.07) is 30.2. The molecule has 1 aliphatic carbocycles. The fourth-order valence-corrected chi connectivity index (χ4v) is 4.94. The molecule has 1 aliphatic rings. The normalized spacial score (nSPS) is 13.2. The molecule has 0 aromatic heterocycles. The van der Waals surface area contributed by atoms with E-state index in [-0.39, 0.29) is 0 Å². The third-order valence-corrected chi connectivity index (χ3v) is 6.51. The lowest BCUT2D eigenvalue weighted by molar-refractivity contribution is 0.989. The Balaban J connectivity index is 1.48. The van der Waals surface area contributed by atoms with Gasteiger partial charge in [0.15, 0.2) is 0 Å². The van der Waals surface area contributed by atoms with Crippen LogP contribution < -0.4 is 0 Å². The molecule has 32 heavy (non-hydrogen) atoms. The fourth-order valence-electron chi connectivity index (χ4n) is 4.94. The van der Waals surface area contributed by atoms with Gasteiger partial charge < -0.3 is 0 Å². The van der Waals surface area contributed by atoms with Gasteiger partial charge in [-0.05, 0) is 68.4 Å². The predicted octanol–water partition coefficient (Wildman–Crippen LogP) is 8.20. The van der Waals surface area contributed by atoms with E-state index in [1.54, 1.807) is 0 Å². The Bertz CT molecular complexity index is 1580. The average Bonchev–Trinajstić information content (AvgIpc) is 2.86. The Morgan fingerprint density at radius 3 is 2.28 bits per heavy atom. The van der Waals surface area contributed by atoms with Crippen molar-refractivity contribution in [3.05, 3.63) is 120 Å². The van der Waals surface area contributed by atoms with E-state index in [1.165, 1.54) is 43.4 Å². The van der Waals surface area contributed by atoms with E-state index in [0.717, 1.165) is 29.7 Å². The highest BCUT2D eigenvalue weighted by atomic mass is 14.7. The molecule has 152 valence electrons. The number of hydrogen-bond donors (Lipinski definition) is 0. The van der Waals surface area contributed by atoms with Gasteiger partial charge in [-0.3, -0.25) is 4.99 Å². The summed E-state index contributed by atoms with van der Waals surface area (Å²) in [7, 11) is 0. The lowest BCUT2D eigenvalue weighted by atomic mass is 9.88. The quantitative estimate of drug-likeness (QED) is 0.210. The van der Waals surface area contributed by atoms with Gasteiger partial charge in [0.1, 0.15) is 0 Å². The minimum absolute atomic E-state index is 0.802. The van der Waals surface area contributed by atoms with Gasteiger partial charge in [-0.15, -0.1) is 0 Å². The van der Waals surface area contributed by atoms with Crippen LogP contribution >= 0.6 is 0 Å². The molecule has 0 atom stereocenters. The van der Waals surface area contributed by atoms with E-state index in [4.69, 9.17) is 4.99 Å². The highest BCUT2D eigenvalue weighted by Crippen LogP contribution is 2.34. The second-order valence-corrected chi connectivity index (χ2v) is 8.42. The van der Waals surface area contributed by atoms with Crippen LogP contribution in [0.25, 0.3) is 44.1 Å².